The Balaban J connectivity index is 1.59. The lowest BCUT2D eigenvalue weighted by Crippen LogP contribution is -2.52. The SMILES string of the molecule is COC(=O)OCOc1c2n(cc(C(=O)NCc3ccc(F)cc3F)c1=O)[C@@H]1CN(C2=O)[C@@H](C)CC[C@]12CC(OC)=NO2. The predicted molar refractivity (Wildman–Crippen MR) is 139 cm³/mol. The minimum atomic E-state index is -1.10. The summed E-state index contributed by atoms with van der Waals surface area (Å²) in [6.07, 6.45) is 1.41. The van der Waals surface area contributed by atoms with Crippen LogP contribution < -0.4 is 15.5 Å². The highest BCUT2D eigenvalue weighted by Gasteiger charge is 2.54. The second-order valence-corrected chi connectivity index (χ2v) is 10.1. The fraction of sp³-hybridized carbons (Fsp3) is 0.444. The van der Waals surface area contributed by atoms with E-state index >= 15 is 0 Å². The van der Waals surface area contributed by atoms with Crippen molar-refractivity contribution in [1.82, 2.24) is 14.8 Å². The number of pyridine rings is 1. The van der Waals surface area contributed by atoms with E-state index in [1.807, 2.05) is 6.92 Å². The first-order valence-corrected chi connectivity index (χ1v) is 13.0. The van der Waals surface area contributed by atoms with E-state index in [1.54, 1.807) is 4.90 Å². The number of fused-ring (bicyclic) bond motifs is 5. The first kappa shape index (κ1) is 28.8. The monoisotopic (exact) mass is 590 g/mol. The first-order valence-electron chi connectivity index (χ1n) is 13.0. The van der Waals surface area contributed by atoms with Gasteiger partial charge in [0.15, 0.2) is 11.3 Å². The molecule has 2 bridgehead atoms. The maximum absolute atomic E-state index is 14.2. The van der Waals surface area contributed by atoms with Gasteiger partial charge in [0.25, 0.3) is 11.8 Å². The Morgan fingerprint density at radius 3 is 2.71 bits per heavy atom. The van der Waals surface area contributed by atoms with Crippen LogP contribution in [0.5, 0.6) is 5.75 Å². The van der Waals surface area contributed by atoms with Gasteiger partial charge in [-0.1, -0.05) is 11.2 Å². The fourth-order valence-corrected chi connectivity index (χ4v) is 5.44. The van der Waals surface area contributed by atoms with Crippen LogP contribution in [0.2, 0.25) is 0 Å². The summed E-state index contributed by atoms with van der Waals surface area (Å²) in [6, 6.07) is 1.98. The summed E-state index contributed by atoms with van der Waals surface area (Å²) >= 11 is 0. The molecule has 0 saturated carbocycles. The summed E-state index contributed by atoms with van der Waals surface area (Å²) in [5.74, 6) is -3.30. The molecule has 3 atom stereocenters. The number of aromatic nitrogens is 1. The van der Waals surface area contributed by atoms with Crippen molar-refractivity contribution in [3.8, 4) is 5.75 Å². The molecule has 2 aromatic rings. The molecule has 1 spiro atoms. The number of benzene rings is 1. The number of hydrogen-bond donors (Lipinski definition) is 1. The van der Waals surface area contributed by atoms with Crippen LogP contribution in [-0.2, 0) is 25.6 Å². The van der Waals surface area contributed by atoms with Crippen LogP contribution in [0.15, 0.2) is 34.3 Å². The molecular weight excluding hydrogens is 562 g/mol. The van der Waals surface area contributed by atoms with Crippen molar-refractivity contribution in [2.75, 3.05) is 27.6 Å². The summed E-state index contributed by atoms with van der Waals surface area (Å²) in [4.78, 5) is 59.8. The molecular formula is C27H28F2N4O9. The Kier molecular flexibility index (Phi) is 7.75. The van der Waals surface area contributed by atoms with Crippen molar-refractivity contribution >= 4 is 23.9 Å². The van der Waals surface area contributed by atoms with E-state index in [2.05, 4.69) is 15.2 Å². The van der Waals surface area contributed by atoms with E-state index in [4.69, 9.17) is 19.0 Å². The van der Waals surface area contributed by atoms with Gasteiger partial charge < -0.3 is 38.6 Å². The highest BCUT2D eigenvalue weighted by molar-refractivity contribution is 5.99. The van der Waals surface area contributed by atoms with Gasteiger partial charge in [-0.05, 0) is 25.8 Å². The Bertz CT molecular complexity index is 1530. The number of ether oxygens (including phenoxy) is 4. The predicted octanol–water partition coefficient (Wildman–Crippen LogP) is 2.47. The Morgan fingerprint density at radius 2 is 2.02 bits per heavy atom. The van der Waals surface area contributed by atoms with Crippen LogP contribution in [0.1, 0.15) is 58.6 Å². The van der Waals surface area contributed by atoms with Crippen molar-refractivity contribution < 1.29 is 46.9 Å². The molecule has 0 radical (unpaired) electrons. The second kappa shape index (κ2) is 11.3. The molecule has 0 aliphatic carbocycles. The molecule has 15 heteroatoms. The van der Waals surface area contributed by atoms with Crippen LogP contribution in [0.3, 0.4) is 0 Å². The van der Waals surface area contributed by atoms with Gasteiger partial charge in [0.2, 0.25) is 23.9 Å². The fourth-order valence-electron chi connectivity index (χ4n) is 5.44. The highest BCUT2D eigenvalue weighted by atomic mass is 19.1. The van der Waals surface area contributed by atoms with Gasteiger partial charge >= 0.3 is 6.16 Å². The molecule has 1 saturated heterocycles. The van der Waals surface area contributed by atoms with E-state index in [0.29, 0.717) is 24.8 Å². The van der Waals surface area contributed by atoms with E-state index in [1.165, 1.54) is 17.9 Å². The Labute approximate surface area is 237 Å². The van der Waals surface area contributed by atoms with Crippen LogP contribution in [-0.4, -0.2) is 72.5 Å². The Hall–Kier alpha value is -4.69. The minimum Gasteiger partial charge on any atom is -0.482 e. The van der Waals surface area contributed by atoms with Gasteiger partial charge in [-0.2, -0.15) is 0 Å². The molecule has 1 N–H and O–H groups in total. The van der Waals surface area contributed by atoms with Gasteiger partial charge in [-0.3, -0.25) is 14.4 Å². The molecule has 224 valence electrons. The average Bonchev–Trinajstić information content (AvgIpc) is 3.35. The lowest BCUT2D eigenvalue weighted by atomic mass is 9.85. The Morgan fingerprint density at radius 1 is 1.24 bits per heavy atom. The van der Waals surface area contributed by atoms with Crippen molar-refractivity contribution in [2.24, 2.45) is 5.16 Å². The third kappa shape index (κ3) is 5.10. The number of halogens is 2. The standard InChI is InChI=1S/C27H28F2N4O9/c1-14-6-7-27(9-20(38-2)31-42-27)19-12-32(14)25(36)21-23(40-13-41-26(37)39-3)22(34)17(11-33(19)21)24(35)30-10-15-4-5-16(28)8-18(15)29/h4-5,8,11,14,19H,6-7,9-10,12-13H2,1-3H3,(H,30,35)/t14-,19+,27-/m0/s1. The number of carbonyl (C=O) groups excluding carboxylic acids is 3. The summed E-state index contributed by atoms with van der Waals surface area (Å²) in [5.41, 5.74) is -2.58. The first-order chi connectivity index (χ1) is 20.1. The largest absolute Gasteiger partial charge is 0.510 e. The number of amides is 2. The maximum Gasteiger partial charge on any atom is 0.510 e. The van der Waals surface area contributed by atoms with E-state index in [0.717, 1.165) is 19.2 Å². The van der Waals surface area contributed by atoms with E-state index in [9.17, 15) is 28.0 Å². The van der Waals surface area contributed by atoms with Gasteiger partial charge in [0.1, 0.15) is 17.2 Å². The third-order valence-electron chi connectivity index (χ3n) is 7.75. The molecule has 0 unspecified atom stereocenters. The zero-order valence-corrected chi connectivity index (χ0v) is 23.0. The van der Waals surface area contributed by atoms with E-state index < -0.39 is 64.8 Å². The van der Waals surface area contributed by atoms with Crippen molar-refractivity contribution in [2.45, 2.75) is 50.4 Å². The molecule has 3 aliphatic heterocycles. The number of methoxy groups -OCH3 is 2. The van der Waals surface area contributed by atoms with Gasteiger partial charge in [0, 0.05) is 37.0 Å². The number of carbonyl (C=O) groups is 3. The molecule has 3 aliphatic rings. The molecule has 1 aromatic heterocycles. The molecule has 42 heavy (non-hydrogen) atoms. The minimum absolute atomic E-state index is 0.0168. The quantitative estimate of drug-likeness (QED) is 0.396. The molecule has 1 fully saturated rings. The molecule has 5 rings (SSSR count). The van der Waals surface area contributed by atoms with Gasteiger partial charge in [-0.25, -0.2) is 13.6 Å². The average molecular weight is 591 g/mol. The maximum atomic E-state index is 14.2. The zero-order valence-electron chi connectivity index (χ0n) is 23.0. The normalized spacial score (nSPS) is 22.5. The van der Waals surface area contributed by atoms with Crippen LogP contribution in [0.25, 0.3) is 0 Å². The van der Waals surface area contributed by atoms with Crippen molar-refractivity contribution in [3.63, 3.8) is 0 Å². The van der Waals surface area contributed by atoms with Crippen LogP contribution in [0.4, 0.5) is 13.6 Å². The molecule has 1 aromatic carbocycles. The lowest BCUT2D eigenvalue weighted by molar-refractivity contribution is -0.0657. The topological polar surface area (TPSA) is 147 Å². The number of oxime groups is 1. The third-order valence-corrected chi connectivity index (χ3v) is 7.75. The van der Waals surface area contributed by atoms with Crippen molar-refractivity contribution in [3.05, 3.63) is 63.1 Å². The molecule has 2 amide bonds. The summed E-state index contributed by atoms with van der Waals surface area (Å²) in [6.45, 7) is 0.876. The van der Waals surface area contributed by atoms with Crippen molar-refractivity contribution in [1.29, 1.82) is 0 Å². The second-order valence-electron chi connectivity index (χ2n) is 10.1. The summed E-state index contributed by atoms with van der Waals surface area (Å²) in [7, 11) is 2.54. The lowest BCUT2D eigenvalue weighted by Gasteiger charge is -2.42. The summed E-state index contributed by atoms with van der Waals surface area (Å²) < 4.78 is 49.0. The van der Waals surface area contributed by atoms with E-state index in [-0.39, 0.29) is 36.8 Å². The zero-order chi connectivity index (χ0) is 30.2. The van der Waals surface area contributed by atoms with Gasteiger partial charge in [-0.15, -0.1) is 0 Å². The number of rotatable bonds is 6. The summed E-state index contributed by atoms with van der Waals surface area (Å²) in [5, 5.41) is 6.51. The number of nitrogens with one attached hydrogen (secondary N) is 1. The molecule has 13 nitrogen and oxygen atoms in total. The van der Waals surface area contributed by atoms with Crippen LogP contribution >= 0.6 is 0 Å². The number of hydrogen-bond acceptors (Lipinski definition) is 10. The smallest absolute Gasteiger partial charge is 0.482 e. The highest BCUT2D eigenvalue weighted by Crippen LogP contribution is 2.46. The van der Waals surface area contributed by atoms with Crippen LogP contribution in [0, 0.1) is 11.6 Å². The number of nitrogens with zero attached hydrogens (tertiary/aromatic N) is 3. The van der Waals surface area contributed by atoms with Gasteiger partial charge in [0.05, 0.1) is 26.7 Å². The molecule has 4 heterocycles.